The normalized spacial score (nSPS) is 10.2. The van der Waals surface area contributed by atoms with Gasteiger partial charge in [0.15, 0.2) is 0 Å². The molecule has 3 aromatic carbocycles. The average Bonchev–Trinajstić information content (AvgIpc) is 2.61. The Bertz CT molecular complexity index is 891. The molecule has 3 rings (SSSR count). The van der Waals surface area contributed by atoms with Crippen LogP contribution in [0.5, 0.6) is 11.5 Å². The first-order valence-electron chi connectivity index (χ1n) is 7.77. The maximum Gasteiger partial charge on any atom is 0.344 e. The lowest BCUT2D eigenvalue weighted by Crippen LogP contribution is -2.17. The molecule has 0 aliphatic carbocycles. The minimum atomic E-state index is -0.685. The summed E-state index contributed by atoms with van der Waals surface area (Å²) in [5, 5.41) is 0. The molecule has 0 spiro atoms. The van der Waals surface area contributed by atoms with Crippen LogP contribution >= 0.6 is 0 Å². The zero-order chi connectivity index (χ0) is 18.5. The zero-order valence-corrected chi connectivity index (χ0v) is 13.7. The number of rotatable bonds is 4. The molecule has 6 nitrogen and oxygen atoms in total. The number of ether oxygens (including phenoxy) is 2. The van der Waals surface area contributed by atoms with Gasteiger partial charge in [0.2, 0.25) is 0 Å². The van der Waals surface area contributed by atoms with E-state index in [1.54, 1.807) is 48.5 Å². The maximum absolute atomic E-state index is 12.5. The summed E-state index contributed by atoms with van der Waals surface area (Å²) in [6, 6.07) is 19.2. The van der Waals surface area contributed by atoms with E-state index in [1.807, 2.05) is 0 Å². The minimum Gasteiger partial charge on any atom is -0.423 e. The lowest BCUT2D eigenvalue weighted by atomic mass is 10.1. The highest BCUT2D eigenvalue weighted by molar-refractivity contribution is 6.04. The van der Waals surface area contributed by atoms with Crippen LogP contribution in [0.2, 0.25) is 0 Å². The molecule has 26 heavy (non-hydrogen) atoms. The van der Waals surface area contributed by atoms with Crippen molar-refractivity contribution in [2.75, 3.05) is 11.5 Å². The monoisotopic (exact) mass is 348 g/mol. The number of nitrogens with two attached hydrogens (primary N) is 2. The number of carbonyl (C=O) groups is 2. The Labute approximate surface area is 150 Å². The molecule has 0 heterocycles. The summed E-state index contributed by atoms with van der Waals surface area (Å²) in [7, 11) is 0. The van der Waals surface area contributed by atoms with Crippen LogP contribution in [0.4, 0.5) is 11.4 Å². The SMILES string of the molecule is Nc1cccc(OC(=O)c2ccccc2C(=O)Oc2cccc(N)c2)c1. The molecule has 6 heteroatoms. The van der Waals surface area contributed by atoms with Crippen LogP contribution in [0.1, 0.15) is 20.7 Å². The molecule has 4 N–H and O–H groups in total. The Hall–Kier alpha value is -3.80. The molecule has 130 valence electrons. The fourth-order valence-electron chi connectivity index (χ4n) is 2.32. The minimum absolute atomic E-state index is 0.0869. The van der Waals surface area contributed by atoms with Crippen molar-refractivity contribution in [1.29, 1.82) is 0 Å². The molecular formula is C20H16N2O4. The fraction of sp³-hybridized carbons (Fsp3) is 0. The Kier molecular flexibility index (Phi) is 4.85. The summed E-state index contributed by atoms with van der Waals surface area (Å²) in [6.45, 7) is 0. The smallest absolute Gasteiger partial charge is 0.344 e. The first-order chi connectivity index (χ1) is 12.5. The Morgan fingerprint density at radius 2 is 1.04 bits per heavy atom. The summed E-state index contributed by atoms with van der Waals surface area (Å²) in [5.74, 6) is -0.797. The molecule has 0 aliphatic rings. The van der Waals surface area contributed by atoms with Gasteiger partial charge < -0.3 is 20.9 Å². The van der Waals surface area contributed by atoms with Gasteiger partial charge in [-0.05, 0) is 36.4 Å². The summed E-state index contributed by atoms with van der Waals surface area (Å²) in [6.07, 6.45) is 0. The van der Waals surface area contributed by atoms with E-state index >= 15 is 0 Å². The number of carbonyl (C=O) groups excluding carboxylic acids is 2. The number of hydrogen-bond acceptors (Lipinski definition) is 6. The Morgan fingerprint density at radius 1 is 0.615 bits per heavy atom. The lowest BCUT2D eigenvalue weighted by Gasteiger charge is -2.10. The van der Waals surface area contributed by atoms with Crippen LogP contribution in [0.3, 0.4) is 0 Å². The van der Waals surface area contributed by atoms with Gasteiger partial charge in [-0.15, -0.1) is 0 Å². The topological polar surface area (TPSA) is 105 Å². The van der Waals surface area contributed by atoms with Crippen molar-refractivity contribution in [1.82, 2.24) is 0 Å². The van der Waals surface area contributed by atoms with E-state index in [0.717, 1.165) is 0 Å². The highest BCUT2D eigenvalue weighted by atomic mass is 16.5. The second-order valence-corrected chi connectivity index (χ2v) is 5.47. The first-order valence-corrected chi connectivity index (χ1v) is 7.77. The number of anilines is 2. The standard InChI is InChI=1S/C20H16N2O4/c21-13-5-3-7-15(11-13)25-19(23)17-9-1-2-10-18(17)20(24)26-16-8-4-6-14(22)12-16/h1-12H,21-22H2. The van der Waals surface area contributed by atoms with Crippen molar-refractivity contribution < 1.29 is 19.1 Å². The van der Waals surface area contributed by atoms with Crippen molar-refractivity contribution in [3.63, 3.8) is 0 Å². The van der Waals surface area contributed by atoms with Crippen LogP contribution in [0.25, 0.3) is 0 Å². The summed E-state index contributed by atoms with van der Waals surface area (Å²) in [5.41, 5.74) is 12.4. The molecule has 0 bridgehead atoms. The van der Waals surface area contributed by atoms with Gasteiger partial charge in [-0.3, -0.25) is 0 Å². The summed E-state index contributed by atoms with van der Waals surface area (Å²) < 4.78 is 10.6. The molecular weight excluding hydrogens is 332 g/mol. The van der Waals surface area contributed by atoms with Gasteiger partial charge in [-0.1, -0.05) is 24.3 Å². The summed E-state index contributed by atoms with van der Waals surface area (Å²) in [4.78, 5) is 24.9. The molecule has 3 aromatic rings. The van der Waals surface area contributed by atoms with E-state index in [1.165, 1.54) is 24.3 Å². The molecule has 0 unspecified atom stereocenters. The van der Waals surface area contributed by atoms with E-state index < -0.39 is 11.9 Å². The van der Waals surface area contributed by atoms with Gasteiger partial charge in [-0.2, -0.15) is 0 Å². The fourth-order valence-corrected chi connectivity index (χ4v) is 2.32. The average molecular weight is 348 g/mol. The van der Waals surface area contributed by atoms with E-state index in [4.69, 9.17) is 20.9 Å². The first kappa shape index (κ1) is 17.0. The predicted molar refractivity (Wildman–Crippen MR) is 98.1 cm³/mol. The third kappa shape index (κ3) is 3.99. The lowest BCUT2D eigenvalue weighted by molar-refractivity contribution is 0.0692. The van der Waals surface area contributed by atoms with Gasteiger partial charge in [0.1, 0.15) is 11.5 Å². The third-order valence-corrected chi connectivity index (χ3v) is 3.50. The van der Waals surface area contributed by atoms with E-state index in [9.17, 15) is 9.59 Å². The van der Waals surface area contributed by atoms with Crippen LogP contribution in [-0.4, -0.2) is 11.9 Å². The van der Waals surface area contributed by atoms with Crippen molar-refractivity contribution in [3.8, 4) is 11.5 Å². The van der Waals surface area contributed by atoms with Crippen molar-refractivity contribution >= 4 is 23.3 Å². The van der Waals surface area contributed by atoms with E-state index in [0.29, 0.717) is 11.4 Å². The van der Waals surface area contributed by atoms with Crippen LogP contribution < -0.4 is 20.9 Å². The van der Waals surface area contributed by atoms with Gasteiger partial charge in [0, 0.05) is 23.5 Å². The summed E-state index contributed by atoms with van der Waals surface area (Å²) >= 11 is 0. The molecule has 0 radical (unpaired) electrons. The van der Waals surface area contributed by atoms with Crippen molar-refractivity contribution in [3.05, 3.63) is 83.9 Å². The van der Waals surface area contributed by atoms with Crippen LogP contribution in [-0.2, 0) is 0 Å². The second-order valence-electron chi connectivity index (χ2n) is 5.47. The molecule has 0 aromatic heterocycles. The Balaban J connectivity index is 1.83. The number of benzene rings is 3. The van der Waals surface area contributed by atoms with Crippen LogP contribution in [0, 0.1) is 0 Å². The molecule has 0 aliphatic heterocycles. The van der Waals surface area contributed by atoms with E-state index in [-0.39, 0.29) is 22.6 Å². The Morgan fingerprint density at radius 3 is 1.42 bits per heavy atom. The van der Waals surface area contributed by atoms with Gasteiger partial charge >= 0.3 is 11.9 Å². The van der Waals surface area contributed by atoms with Crippen LogP contribution in [0.15, 0.2) is 72.8 Å². The van der Waals surface area contributed by atoms with Gasteiger partial charge in [0.05, 0.1) is 11.1 Å². The molecule has 0 amide bonds. The quantitative estimate of drug-likeness (QED) is 0.426. The molecule has 0 saturated carbocycles. The second kappa shape index (κ2) is 7.40. The molecule has 0 atom stereocenters. The molecule has 0 fully saturated rings. The van der Waals surface area contributed by atoms with E-state index in [2.05, 4.69) is 0 Å². The largest absolute Gasteiger partial charge is 0.423 e. The van der Waals surface area contributed by atoms with Crippen molar-refractivity contribution in [2.45, 2.75) is 0 Å². The number of nitrogen functional groups attached to an aromatic ring is 2. The zero-order valence-electron chi connectivity index (χ0n) is 13.7. The number of esters is 2. The highest BCUT2D eigenvalue weighted by Gasteiger charge is 2.20. The predicted octanol–water partition coefficient (Wildman–Crippen LogP) is 3.29. The maximum atomic E-state index is 12.5. The number of hydrogen-bond donors (Lipinski definition) is 2. The van der Waals surface area contributed by atoms with Gasteiger partial charge in [-0.25, -0.2) is 9.59 Å². The van der Waals surface area contributed by atoms with Gasteiger partial charge in [0.25, 0.3) is 0 Å². The van der Waals surface area contributed by atoms with Crippen molar-refractivity contribution in [2.24, 2.45) is 0 Å². The highest BCUT2D eigenvalue weighted by Crippen LogP contribution is 2.20. The molecule has 0 saturated heterocycles. The third-order valence-electron chi connectivity index (χ3n) is 3.50.